The van der Waals surface area contributed by atoms with Crippen LogP contribution < -0.4 is 10.6 Å². The van der Waals surface area contributed by atoms with Crippen molar-refractivity contribution in [2.75, 3.05) is 6.54 Å². The molecule has 0 saturated heterocycles. The Balaban J connectivity index is 1.43. The molecule has 0 fully saturated rings. The zero-order chi connectivity index (χ0) is 24.5. The van der Waals surface area contributed by atoms with Crippen LogP contribution in [0.2, 0.25) is 0 Å². The molecule has 0 aliphatic rings. The van der Waals surface area contributed by atoms with E-state index in [-0.39, 0.29) is 43.0 Å². The van der Waals surface area contributed by atoms with Crippen LogP contribution in [0.1, 0.15) is 40.8 Å². The molecule has 2 atom stereocenters. The molecule has 0 unspecified atom stereocenters. The van der Waals surface area contributed by atoms with E-state index < -0.39 is 6.10 Å². The summed E-state index contributed by atoms with van der Waals surface area (Å²) in [5.41, 5.74) is 3.71. The van der Waals surface area contributed by atoms with E-state index in [9.17, 15) is 25.2 Å². The van der Waals surface area contributed by atoms with Crippen molar-refractivity contribution in [2.24, 2.45) is 0 Å². The molecule has 7 nitrogen and oxygen atoms in total. The van der Waals surface area contributed by atoms with Crippen LogP contribution in [0.4, 0.5) is 0 Å². The molecule has 0 heterocycles. The smallest absolute Gasteiger partial charge is 0.224 e. The molecule has 3 aromatic rings. The number of para-hydroxylation sites is 1. The van der Waals surface area contributed by atoms with E-state index in [0.29, 0.717) is 23.2 Å². The molecule has 0 aromatic heterocycles. The fourth-order valence-corrected chi connectivity index (χ4v) is 3.69. The Bertz CT molecular complexity index is 1080. The second kappa shape index (κ2) is 12.2. The first-order valence-corrected chi connectivity index (χ1v) is 11.3. The Morgan fingerprint density at radius 2 is 1.59 bits per heavy atom. The molecule has 0 spiro atoms. The molecule has 34 heavy (non-hydrogen) atoms. The lowest BCUT2D eigenvalue weighted by Crippen LogP contribution is -2.32. The van der Waals surface area contributed by atoms with E-state index in [1.165, 1.54) is 6.07 Å². The summed E-state index contributed by atoms with van der Waals surface area (Å²) in [5, 5.41) is 45.3. The Kier molecular flexibility index (Phi) is 9.04. The molecule has 3 rings (SSSR count). The van der Waals surface area contributed by atoms with Crippen molar-refractivity contribution in [3.63, 3.8) is 0 Å². The second-order valence-electron chi connectivity index (χ2n) is 8.47. The van der Waals surface area contributed by atoms with Gasteiger partial charge >= 0.3 is 0 Å². The van der Waals surface area contributed by atoms with Crippen molar-refractivity contribution in [2.45, 2.75) is 45.1 Å². The van der Waals surface area contributed by atoms with Crippen molar-refractivity contribution in [1.29, 1.82) is 0 Å². The Labute approximate surface area is 199 Å². The van der Waals surface area contributed by atoms with Gasteiger partial charge in [-0.25, -0.2) is 0 Å². The first-order valence-electron chi connectivity index (χ1n) is 11.3. The molecule has 1 amide bonds. The van der Waals surface area contributed by atoms with E-state index in [1.54, 1.807) is 30.3 Å². The summed E-state index contributed by atoms with van der Waals surface area (Å²) in [6, 6.07) is 19.6. The minimum Gasteiger partial charge on any atom is -0.508 e. The molecule has 3 aromatic carbocycles. The number of nitrogens with one attached hydrogen (secondary N) is 2. The van der Waals surface area contributed by atoms with Gasteiger partial charge in [0.25, 0.3) is 0 Å². The van der Waals surface area contributed by atoms with Crippen molar-refractivity contribution < 1.29 is 25.2 Å². The van der Waals surface area contributed by atoms with Crippen LogP contribution in [0.3, 0.4) is 0 Å². The SMILES string of the molecule is C[C@H](Cc1ccc(CC(=O)NCc2ccccc2O)cc1)NC[C@H](O)c1ccc(O)c(CO)c1. The first kappa shape index (κ1) is 25.2. The number of hydrogen-bond donors (Lipinski definition) is 6. The number of hydrogen-bond acceptors (Lipinski definition) is 6. The van der Waals surface area contributed by atoms with E-state index in [4.69, 9.17) is 0 Å². The van der Waals surface area contributed by atoms with Gasteiger partial charge in [0, 0.05) is 30.3 Å². The maximum atomic E-state index is 12.2. The lowest BCUT2D eigenvalue weighted by atomic mass is 10.0. The monoisotopic (exact) mass is 464 g/mol. The molecule has 0 radical (unpaired) electrons. The van der Waals surface area contributed by atoms with Gasteiger partial charge in [-0.3, -0.25) is 4.79 Å². The average molecular weight is 465 g/mol. The highest BCUT2D eigenvalue weighted by Crippen LogP contribution is 2.22. The Morgan fingerprint density at radius 3 is 2.29 bits per heavy atom. The molecule has 0 saturated carbocycles. The van der Waals surface area contributed by atoms with Gasteiger partial charge in [0.1, 0.15) is 11.5 Å². The number of rotatable bonds is 11. The fraction of sp³-hybridized carbons (Fsp3) is 0.296. The molecule has 0 aliphatic heterocycles. The number of aliphatic hydroxyl groups is 2. The van der Waals surface area contributed by atoms with Crippen molar-refractivity contribution in [3.05, 3.63) is 94.5 Å². The van der Waals surface area contributed by atoms with E-state index in [0.717, 1.165) is 17.5 Å². The van der Waals surface area contributed by atoms with Crippen LogP contribution in [0.15, 0.2) is 66.7 Å². The third kappa shape index (κ3) is 7.31. The standard InChI is InChI=1S/C27H32N2O5/c1-18(28-16-26(33)21-10-11-25(32)23(14-21)17-30)12-19-6-8-20(9-7-19)13-27(34)29-15-22-4-2-3-5-24(22)31/h2-11,14,18,26,28,30-33H,12-13,15-17H2,1H3,(H,29,34)/t18-,26+/m1/s1. The topological polar surface area (TPSA) is 122 Å². The summed E-state index contributed by atoms with van der Waals surface area (Å²) in [7, 11) is 0. The summed E-state index contributed by atoms with van der Waals surface area (Å²) in [6.45, 7) is 2.36. The number of phenols is 2. The van der Waals surface area contributed by atoms with Crippen molar-refractivity contribution in [3.8, 4) is 11.5 Å². The predicted octanol–water partition coefficient (Wildman–Crippen LogP) is 2.70. The number of benzene rings is 3. The maximum Gasteiger partial charge on any atom is 0.224 e. The highest BCUT2D eigenvalue weighted by atomic mass is 16.3. The molecule has 0 aliphatic carbocycles. The van der Waals surface area contributed by atoms with Crippen molar-refractivity contribution >= 4 is 5.91 Å². The third-order valence-corrected chi connectivity index (χ3v) is 5.72. The summed E-state index contributed by atoms with van der Waals surface area (Å²) in [5.74, 6) is 0.0650. The molecular weight excluding hydrogens is 432 g/mol. The van der Waals surface area contributed by atoms with Gasteiger partial charge < -0.3 is 31.1 Å². The number of aliphatic hydroxyl groups excluding tert-OH is 2. The molecule has 0 bridgehead atoms. The van der Waals surface area contributed by atoms with Gasteiger partial charge in [-0.05, 0) is 48.2 Å². The lowest BCUT2D eigenvalue weighted by molar-refractivity contribution is -0.120. The molecule has 180 valence electrons. The normalized spacial score (nSPS) is 12.8. The minimum absolute atomic E-state index is 0.0104. The summed E-state index contributed by atoms with van der Waals surface area (Å²) >= 11 is 0. The predicted molar refractivity (Wildman–Crippen MR) is 130 cm³/mol. The van der Waals surface area contributed by atoms with Gasteiger partial charge in [0.2, 0.25) is 5.91 Å². The zero-order valence-corrected chi connectivity index (χ0v) is 19.2. The summed E-state index contributed by atoms with van der Waals surface area (Å²) in [6.07, 6.45) is 0.257. The van der Waals surface area contributed by atoms with Crippen LogP contribution in [-0.2, 0) is 30.8 Å². The first-order chi connectivity index (χ1) is 16.4. The summed E-state index contributed by atoms with van der Waals surface area (Å²) < 4.78 is 0. The molecule has 7 heteroatoms. The van der Waals surface area contributed by atoms with Gasteiger partial charge in [0.05, 0.1) is 19.1 Å². The Hall–Kier alpha value is -3.39. The van der Waals surface area contributed by atoms with Crippen LogP contribution in [0, 0.1) is 0 Å². The summed E-state index contributed by atoms with van der Waals surface area (Å²) in [4.78, 5) is 12.2. The number of carbonyl (C=O) groups is 1. The fourth-order valence-electron chi connectivity index (χ4n) is 3.69. The average Bonchev–Trinajstić information content (AvgIpc) is 2.83. The Morgan fingerprint density at radius 1 is 0.912 bits per heavy atom. The highest BCUT2D eigenvalue weighted by Gasteiger charge is 2.12. The maximum absolute atomic E-state index is 12.2. The van der Waals surface area contributed by atoms with Crippen molar-refractivity contribution in [1.82, 2.24) is 10.6 Å². The van der Waals surface area contributed by atoms with Crippen LogP contribution in [0.5, 0.6) is 11.5 Å². The molecule has 6 N–H and O–H groups in total. The zero-order valence-electron chi connectivity index (χ0n) is 19.2. The lowest BCUT2D eigenvalue weighted by Gasteiger charge is -2.18. The van der Waals surface area contributed by atoms with Gasteiger partial charge in [-0.1, -0.05) is 48.5 Å². The van der Waals surface area contributed by atoms with Gasteiger partial charge in [0.15, 0.2) is 0 Å². The third-order valence-electron chi connectivity index (χ3n) is 5.72. The van der Waals surface area contributed by atoms with Crippen LogP contribution in [0.25, 0.3) is 0 Å². The minimum atomic E-state index is -0.757. The van der Waals surface area contributed by atoms with E-state index >= 15 is 0 Å². The quantitative estimate of drug-likeness (QED) is 0.259. The number of aromatic hydroxyl groups is 2. The van der Waals surface area contributed by atoms with Gasteiger partial charge in [-0.2, -0.15) is 0 Å². The highest BCUT2D eigenvalue weighted by molar-refractivity contribution is 5.78. The second-order valence-corrected chi connectivity index (χ2v) is 8.47. The van der Waals surface area contributed by atoms with Crippen LogP contribution >= 0.6 is 0 Å². The number of amides is 1. The number of carbonyl (C=O) groups excluding carboxylic acids is 1. The van der Waals surface area contributed by atoms with Gasteiger partial charge in [-0.15, -0.1) is 0 Å². The van der Waals surface area contributed by atoms with E-state index in [2.05, 4.69) is 10.6 Å². The molecular formula is C27H32N2O5. The van der Waals surface area contributed by atoms with Crippen LogP contribution in [-0.4, -0.2) is 38.9 Å². The van der Waals surface area contributed by atoms with E-state index in [1.807, 2.05) is 37.3 Å². The largest absolute Gasteiger partial charge is 0.508 e. The number of phenolic OH excluding ortho intramolecular Hbond substituents is 1.